The normalized spacial score (nSPS) is 13.7. The molecule has 9 aromatic carbocycles. The predicted octanol–water partition coefficient (Wildman–Crippen LogP) is 16.2. The van der Waals surface area contributed by atoms with Gasteiger partial charge in [-0.3, -0.25) is 0 Å². The highest BCUT2D eigenvalue weighted by Crippen LogP contribution is 2.65. The Balaban J connectivity index is 0.00000132. The molecular formula is C47H31Cl2NO4P2S2. The molecule has 11 heteroatoms. The van der Waals surface area contributed by atoms with Gasteiger partial charge < -0.3 is 18.1 Å². The van der Waals surface area contributed by atoms with Gasteiger partial charge in [-0.25, -0.2) is 0 Å². The Morgan fingerprint density at radius 3 is 0.948 bits per heavy atom. The zero-order valence-electron chi connectivity index (χ0n) is 30.5. The van der Waals surface area contributed by atoms with E-state index < -0.39 is 17.1 Å². The highest BCUT2D eigenvalue weighted by molar-refractivity contribution is 8.00. The first-order valence-electron chi connectivity index (χ1n) is 18.4. The van der Waals surface area contributed by atoms with E-state index in [-0.39, 0.29) is 5.34 Å². The average Bonchev–Trinajstić information content (AvgIpc) is 3.25. The minimum absolute atomic E-state index is 0.194. The SMILES string of the molecule is ClCCl.c1ccc(N(P2Oc3ccc4ccccc4c3Sc3c(ccc4ccccc34)O2)P2Oc3ccc4ccccc4c3Sc3c(ccc4ccccc34)O2)cc1. The summed E-state index contributed by atoms with van der Waals surface area (Å²) < 4.78 is 30.8. The summed E-state index contributed by atoms with van der Waals surface area (Å²) in [4.78, 5) is 4.15. The van der Waals surface area contributed by atoms with Crippen molar-refractivity contribution in [2.24, 2.45) is 0 Å². The molecule has 0 radical (unpaired) electrons. The predicted molar refractivity (Wildman–Crippen MR) is 246 cm³/mol. The van der Waals surface area contributed by atoms with Gasteiger partial charge in [-0.2, -0.15) is 4.44 Å². The lowest BCUT2D eigenvalue weighted by molar-refractivity contribution is 0.457. The maximum Gasteiger partial charge on any atom is 0.426 e. The minimum atomic E-state index is -1.94. The molecule has 0 bridgehead atoms. The lowest BCUT2D eigenvalue weighted by Crippen LogP contribution is -2.23. The number of fused-ring (bicyclic) bond motifs is 12. The van der Waals surface area contributed by atoms with Crippen LogP contribution in [-0.2, 0) is 0 Å². The molecule has 0 unspecified atom stereocenters. The monoisotopic (exact) mass is 869 g/mol. The van der Waals surface area contributed by atoms with Gasteiger partial charge in [0.05, 0.1) is 30.6 Å². The first kappa shape index (κ1) is 37.4. The topological polar surface area (TPSA) is 40.2 Å². The summed E-state index contributed by atoms with van der Waals surface area (Å²) in [6.07, 6.45) is 0. The van der Waals surface area contributed by atoms with Gasteiger partial charge in [0.15, 0.2) is 0 Å². The number of anilines is 1. The molecule has 0 spiro atoms. The van der Waals surface area contributed by atoms with Gasteiger partial charge in [0.25, 0.3) is 0 Å². The van der Waals surface area contributed by atoms with Crippen molar-refractivity contribution in [1.29, 1.82) is 0 Å². The second kappa shape index (κ2) is 16.4. The summed E-state index contributed by atoms with van der Waals surface area (Å²) >= 11 is 12.9. The summed E-state index contributed by atoms with van der Waals surface area (Å²) in [5.74, 6) is 2.96. The zero-order valence-corrected chi connectivity index (χ0v) is 35.4. The van der Waals surface area contributed by atoms with Crippen LogP contribution in [0.2, 0.25) is 0 Å². The van der Waals surface area contributed by atoms with E-state index in [1.807, 2.05) is 18.2 Å². The molecular weight excluding hydrogens is 840 g/mol. The van der Waals surface area contributed by atoms with Crippen molar-refractivity contribution < 1.29 is 18.1 Å². The molecule has 2 heterocycles. The molecule has 0 fully saturated rings. The Labute approximate surface area is 356 Å². The van der Waals surface area contributed by atoms with E-state index in [9.17, 15) is 0 Å². The van der Waals surface area contributed by atoms with Crippen LogP contribution < -0.4 is 22.5 Å². The van der Waals surface area contributed by atoms with E-state index in [1.165, 1.54) is 0 Å². The first-order chi connectivity index (χ1) is 28.7. The van der Waals surface area contributed by atoms with Crippen LogP contribution in [0.5, 0.6) is 23.0 Å². The van der Waals surface area contributed by atoms with Crippen molar-refractivity contribution in [3.63, 3.8) is 0 Å². The van der Waals surface area contributed by atoms with E-state index in [0.29, 0.717) is 0 Å². The summed E-state index contributed by atoms with van der Waals surface area (Å²) in [6.45, 7) is 0. The molecule has 0 saturated heterocycles. The minimum Gasteiger partial charge on any atom is -0.421 e. The Bertz CT molecular complexity index is 2620. The van der Waals surface area contributed by atoms with E-state index >= 15 is 0 Å². The molecule has 0 aliphatic carbocycles. The third kappa shape index (κ3) is 7.05. The Kier molecular flexibility index (Phi) is 10.6. The van der Waals surface area contributed by atoms with Gasteiger partial charge in [-0.05, 0) is 79.5 Å². The van der Waals surface area contributed by atoms with Crippen molar-refractivity contribution in [3.05, 3.63) is 176 Å². The molecule has 11 rings (SSSR count). The number of benzene rings is 9. The van der Waals surface area contributed by atoms with Crippen LogP contribution in [-0.4, -0.2) is 5.34 Å². The molecule has 0 amide bonds. The number of rotatable bonds is 3. The van der Waals surface area contributed by atoms with Crippen molar-refractivity contribution >= 4 is 113 Å². The van der Waals surface area contributed by atoms with Crippen LogP contribution in [0.1, 0.15) is 0 Å². The van der Waals surface area contributed by atoms with E-state index in [1.54, 1.807) is 23.5 Å². The first-order valence-corrected chi connectivity index (χ1v) is 23.3. The molecule has 2 aliphatic heterocycles. The molecule has 0 N–H and O–H groups in total. The highest BCUT2D eigenvalue weighted by atomic mass is 35.5. The molecule has 284 valence electrons. The second-order valence-corrected chi connectivity index (χ2v) is 18.9. The Hall–Kier alpha value is -4.84. The van der Waals surface area contributed by atoms with Gasteiger partial charge in [-0.1, -0.05) is 163 Å². The smallest absolute Gasteiger partial charge is 0.421 e. The quantitative estimate of drug-likeness (QED) is 0.129. The maximum atomic E-state index is 7.17. The highest BCUT2D eigenvalue weighted by Gasteiger charge is 2.42. The zero-order chi connectivity index (χ0) is 39.0. The maximum absolute atomic E-state index is 7.17. The Morgan fingerprint density at radius 1 is 0.362 bits per heavy atom. The van der Waals surface area contributed by atoms with Crippen LogP contribution in [0.25, 0.3) is 43.1 Å². The summed E-state index contributed by atoms with van der Waals surface area (Å²) in [5.41, 5.74) is 0.857. The number of halogens is 2. The van der Waals surface area contributed by atoms with Gasteiger partial charge in [0.2, 0.25) is 0 Å². The number of hydrogen-bond donors (Lipinski definition) is 0. The average molecular weight is 871 g/mol. The second-order valence-electron chi connectivity index (χ2n) is 13.2. The van der Waals surface area contributed by atoms with Crippen LogP contribution in [0, 0.1) is 0 Å². The van der Waals surface area contributed by atoms with Gasteiger partial charge in [-0.15, -0.1) is 23.2 Å². The lowest BCUT2D eigenvalue weighted by Gasteiger charge is -2.36. The largest absolute Gasteiger partial charge is 0.426 e. The lowest BCUT2D eigenvalue weighted by atomic mass is 10.1. The van der Waals surface area contributed by atoms with Crippen LogP contribution >= 0.6 is 63.8 Å². The van der Waals surface area contributed by atoms with E-state index in [4.69, 9.17) is 41.3 Å². The fourth-order valence-electron chi connectivity index (χ4n) is 7.14. The van der Waals surface area contributed by atoms with Crippen LogP contribution in [0.15, 0.2) is 196 Å². The third-order valence-corrected chi connectivity index (χ3v) is 15.7. The van der Waals surface area contributed by atoms with E-state index in [0.717, 1.165) is 91.4 Å². The van der Waals surface area contributed by atoms with Crippen molar-refractivity contribution in [1.82, 2.24) is 0 Å². The van der Waals surface area contributed by atoms with Crippen molar-refractivity contribution in [2.45, 2.75) is 19.6 Å². The summed E-state index contributed by atoms with van der Waals surface area (Å²) in [7, 11) is -3.88. The van der Waals surface area contributed by atoms with Crippen molar-refractivity contribution in [2.75, 3.05) is 9.78 Å². The fourth-order valence-corrected chi connectivity index (χ4v) is 13.0. The van der Waals surface area contributed by atoms with Gasteiger partial charge in [0, 0.05) is 0 Å². The molecule has 58 heavy (non-hydrogen) atoms. The Morgan fingerprint density at radius 2 is 0.638 bits per heavy atom. The third-order valence-electron chi connectivity index (χ3n) is 9.78. The molecule has 0 aromatic heterocycles. The van der Waals surface area contributed by atoms with Crippen molar-refractivity contribution in [3.8, 4) is 23.0 Å². The standard InChI is InChI=1S/C46H29NO4P2S2.CH2Cl2/c1-2-16-34(17-3-1)47(52-48-39-26-22-30-12-4-8-18-35(30)43(39)54-44-36-19-9-5-13-31(36)23-27-40(44)49-52)53-50-41-28-24-32-14-6-10-20-37(32)45(41)55-46-38-21-11-7-15-33(38)25-29-42(46)51-53;2-1-3/h1-29H;1H2. The number of nitrogens with zero attached hydrogens (tertiary/aromatic N) is 1. The summed E-state index contributed by atoms with van der Waals surface area (Å²) in [5, 5.41) is 9.25. The van der Waals surface area contributed by atoms with Crippen LogP contribution in [0.3, 0.4) is 0 Å². The summed E-state index contributed by atoms with van der Waals surface area (Å²) in [6, 6.07) is 60.8. The molecule has 2 aliphatic rings. The van der Waals surface area contributed by atoms with Gasteiger partial charge >= 0.3 is 17.1 Å². The number of hydrogen-bond acceptors (Lipinski definition) is 7. The molecule has 0 saturated carbocycles. The van der Waals surface area contributed by atoms with E-state index in [2.05, 4.69) is 162 Å². The fraction of sp³-hybridized carbons (Fsp3) is 0.0213. The van der Waals surface area contributed by atoms with Gasteiger partial charge in [0.1, 0.15) is 23.0 Å². The molecule has 9 aromatic rings. The van der Waals surface area contributed by atoms with Crippen LogP contribution in [0.4, 0.5) is 5.69 Å². The number of alkyl halides is 2. The molecule has 0 atom stereocenters. The molecule has 5 nitrogen and oxygen atoms in total. The number of para-hydroxylation sites is 1.